The molecule has 4 heterocycles. The number of H-pyrrole nitrogens is 1. The van der Waals surface area contributed by atoms with Crippen molar-refractivity contribution in [3.05, 3.63) is 68.6 Å². The minimum atomic E-state index is -0.150. The minimum absolute atomic E-state index is 0.150. The van der Waals surface area contributed by atoms with Crippen molar-refractivity contribution in [2.24, 2.45) is 0 Å². The zero-order valence-electron chi connectivity index (χ0n) is 17.5. The molecule has 0 bridgehead atoms. The summed E-state index contributed by atoms with van der Waals surface area (Å²) in [6, 6.07) is 7.63. The van der Waals surface area contributed by atoms with Crippen molar-refractivity contribution in [2.45, 2.75) is 39.2 Å². The smallest absolute Gasteiger partial charge is 0.330 e. The maximum absolute atomic E-state index is 12.0. The number of piperidine rings is 1. The van der Waals surface area contributed by atoms with Gasteiger partial charge in [-0.05, 0) is 64.0 Å². The van der Waals surface area contributed by atoms with Gasteiger partial charge in [0.05, 0.1) is 16.4 Å². The lowest BCUT2D eigenvalue weighted by atomic mass is 9.96. The molecule has 1 aliphatic heterocycles. The van der Waals surface area contributed by atoms with Gasteiger partial charge >= 0.3 is 5.69 Å². The van der Waals surface area contributed by atoms with E-state index in [2.05, 4.69) is 30.4 Å². The molecule has 31 heavy (non-hydrogen) atoms. The number of nitrogens with one attached hydrogen (secondary N) is 1. The van der Waals surface area contributed by atoms with Crippen molar-refractivity contribution >= 4 is 11.3 Å². The number of benzene rings is 1. The van der Waals surface area contributed by atoms with E-state index in [1.165, 1.54) is 0 Å². The third-order valence-corrected chi connectivity index (χ3v) is 6.60. The summed E-state index contributed by atoms with van der Waals surface area (Å²) >= 11 is 1.70. The normalized spacial score (nSPS) is 15.5. The predicted octanol–water partition coefficient (Wildman–Crippen LogP) is 3.67. The first-order valence-corrected chi connectivity index (χ1v) is 11.3. The van der Waals surface area contributed by atoms with E-state index in [9.17, 15) is 4.79 Å². The Morgan fingerprint density at radius 2 is 1.94 bits per heavy atom. The third-order valence-electron chi connectivity index (χ3n) is 5.77. The fourth-order valence-electron chi connectivity index (χ4n) is 4.10. The van der Waals surface area contributed by atoms with Gasteiger partial charge in [0.2, 0.25) is 11.7 Å². The molecule has 1 aromatic carbocycles. The van der Waals surface area contributed by atoms with Crippen molar-refractivity contribution in [3.8, 4) is 17.1 Å². The Hall–Kier alpha value is -3.04. The van der Waals surface area contributed by atoms with Crippen molar-refractivity contribution in [2.75, 3.05) is 13.1 Å². The molecule has 3 aromatic heterocycles. The van der Waals surface area contributed by atoms with E-state index in [4.69, 9.17) is 4.52 Å². The summed E-state index contributed by atoms with van der Waals surface area (Å²) in [4.78, 5) is 26.3. The number of imidazole rings is 1. The van der Waals surface area contributed by atoms with Crippen molar-refractivity contribution in [1.29, 1.82) is 0 Å². The van der Waals surface area contributed by atoms with E-state index in [-0.39, 0.29) is 11.6 Å². The molecule has 1 fully saturated rings. The molecule has 5 rings (SSSR count). The molecule has 1 N–H and O–H groups in total. The van der Waals surface area contributed by atoms with Crippen LogP contribution in [-0.2, 0) is 6.54 Å². The van der Waals surface area contributed by atoms with E-state index in [0.29, 0.717) is 11.7 Å². The van der Waals surface area contributed by atoms with Gasteiger partial charge in [0, 0.05) is 35.3 Å². The Labute approximate surface area is 183 Å². The molecular formula is C22H24N6O2S. The SMILES string of the molecule is Cc1nc(CN2CCC(c3nc(-c4ccc(-n5c(C)c[nH]c5=O)cc4)no3)CC2)cs1. The molecule has 9 heteroatoms. The first-order valence-electron chi connectivity index (χ1n) is 10.4. The van der Waals surface area contributed by atoms with Gasteiger partial charge in [-0.25, -0.2) is 9.78 Å². The number of likely N-dealkylation sites (tertiary alicyclic amines) is 1. The molecule has 8 nitrogen and oxygen atoms in total. The zero-order chi connectivity index (χ0) is 21.4. The van der Waals surface area contributed by atoms with E-state index < -0.39 is 0 Å². The molecular weight excluding hydrogens is 412 g/mol. The molecule has 0 aliphatic carbocycles. The fraction of sp³-hybridized carbons (Fsp3) is 0.364. The lowest BCUT2D eigenvalue weighted by Gasteiger charge is -2.29. The number of nitrogens with zero attached hydrogens (tertiary/aromatic N) is 5. The number of aromatic nitrogens is 5. The number of hydrogen-bond donors (Lipinski definition) is 1. The summed E-state index contributed by atoms with van der Waals surface area (Å²) in [5, 5.41) is 7.46. The quantitative estimate of drug-likeness (QED) is 0.513. The lowest BCUT2D eigenvalue weighted by molar-refractivity contribution is 0.186. The van der Waals surface area contributed by atoms with Crippen LogP contribution in [0.2, 0.25) is 0 Å². The summed E-state index contributed by atoms with van der Waals surface area (Å²) in [6.07, 6.45) is 3.70. The van der Waals surface area contributed by atoms with Gasteiger partial charge in [-0.1, -0.05) is 5.16 Å². The molecule has 4 aromatic rings. The second kappa shape index (κ2) is 8.24. The Morgan fingerprint density at radius 3 is 2.58 bits per heavy atom. The van der Waals surface area contributed by atoms with Gasteiger partial charge in [-0.2, -0.15) is 4.98 Å². The Morgan fingerprint density at radius 1 is 1.16 bits per heavy atom. The van der Waals surface area contributed by atoms with Crippen LogP contribution in [0, 0.1) is 13.8 Å². The summed E-state index contributed by atoms with van der Waals surface area (Å²) < 4.78 is 7.24. The van der Waals surface area contributed by atoms with Crippen LogP contribution in [0.5, 0.6) is 0 Å². The van der Waals surface area contributed by atoms with Gasteiger partial charge < -0.3 is 9.51 Å². The first-order chi connectivity index (χ1) is 15.1. The number of aromatic amines is 1. The zero-order valence-corrected chi connectivity index (χ0v) is 18.4. The summed E-state index contributed by atoms with van der Waals surface area (Å²) in [5.74, 6) is 1.58. The van der Waals surface area contributed by atoms with E-state index >= 15 is 0 Å². The molecule has 0 spiro atoms. The second-order valence-electron chi connectivity index (χ2n) is 7.98. The van der Waals surface area contributed by atoms with Crippen molar-refractivity contribution < 1.29 is 4.52 Å². The Kier molecular flexibility index (Phi) is 5.29. The highest BCUT2D eigenvalue weighted by atomic mass is 32.1. The van der Waals surface area contributed by atoms with Gasteiger partial charge in [0.1, 0.15) is 0 Å². The van der Waals surface area contributed by atoms with Crippen LogP contribution in [-0.4, -0.2) is 42.7 Å². The molecule has 0 atom stereocenters. The highest BCUT2D eigenvalue weighted by molar-refractivity contribution is 7.09. The average molecular weight is 437 g/mol. The molecule has 0 unspecified atom stereocenters. The average Bonchev–Trinajstić information content (AvgIpc) is 3.50. The number of hydrogen-bond acceptors (Lipinski definition) is 7. The van der Waals surface area contributed by atoms with E-state index in [1.807, 2.05) is 38.1 Å². The van der Waals surface area contributed by atoms with Crippen molar-refractivity contribution in [3.63, 3.8) is 0 Å². The number of rotatable bonds is 5. The van der Waals surface area contributed by atoms with Crippen LogP contribution < -0.4 is 5.69 Å². The Bertz CT molecular complexity index is 1230. The summed E-state index contributed by atoms with van der Waals surface area (Å²) in [6.45, 7) is 6.84. The lowest BCUT2D eigenvalue weighted by Crippen LogP contribution is -2.32. The van der Waals surface area contributed by atoms with Crippen LogP contribution in [0.1, 0.15) is 41.0 Å². The van der Waals surface area contributed by atoms with Crippen LogP contribution in [0.15, 0.2) is 45.2 Å². The molecule has 1 aliphatic rings. The van der Waals surface area contributed by atoms with Gasteiger partial charge in [0.25, 0.3) is 0 Å². The number of aryl methyl sites for hydroxylation is 2. The molecule has 0 radical (unpaired) electrons. The minimum Gasteiger partial charge on any atom is -0.339 e. The van der Waals surface area contributed by atoms with Crippen LogP contribution >= 0.6 is 11.3 Å². The molecule has 1 saturated heterocycles. The maximum atomic E-state index is 12.0. The van der Waals surface area contributed by atoms with Crippen LogP contribution in [0.3, 0.4) is 0 Å². The highest BCUT2D eigenvalue weighted by Gasteiger charge is 2.26. The van der Waals surface area contributed by atoms with Crippen LogP contribution in [0.4, 0.5) is 0 Å². The monoisotopic (exact) mass is 436 g/mol. The summed E-state index contributed by atoms with van der Waals surface area (Å²) in [7, 11) is 0. The largest absolute Gasteiger partial charge is 0.339 e. The Balaban J connectivity index is 1.24. The maximum Gasteiger partial charge on any atom is 0.330 e. The third kappa shape index (κ3) is 4.11. The van der Waals surface area contributed by atoms with Gasteiger partial charge in [0.15, 0.2) is 0 Å². The summed E-state index contributed by atoms with van der Waals surface area (Å²) in [5.41, 5.74) is 3.54. The van der Waals surface area contributed by atoms with Crippen LogP contribution in [0.25, 0.3) is 17.1 Å². The molecule has 0 saturated carbocycles. The standard InChI is InChI=1S/C22H24N6O2S/c1-14-11-23-22(29)28(14)19-5-3-16(4-6-19)20-25-21(30-26-20)17-7-9-27(10-8-17)12-18-13-31-15(2)24-18/h3-6,11,13,17H,7-10,12H2,1-2H3,(H,23,29). The molecule has 0 amide bonds. The molecule has 160 valence electrons. The highest BCUT2D eigenvalue weighted by Crippen LogP contribution is 2.29. The van der Waals surface area contributed by atoms with E-state index in [0.717, 1.165) is 60.1 Å². The van der Waals surface area contributed by atoms with Gasteiger partial charge in [-0.3, -0.25) is 9.47 Å². The topological polar surface area (TPSA) is 92.8 Å². The van der Waals surface area contributed by atoms with E-state index in [1.54, 1.807) is 22.1 Å². The van der Waals surface area contributed by atoms with Crippen molar-refractivity contribution in [1.82, 2.24) is 29.6 Å². The second-order valence-corrected chi connectivity index (χ2v) is 9.04. The first kappa shape index (κ1) is 19.9. The predicted molar refractivity (Wildman–Crippen MR) is 119 cm³/mol. The van der Waals surface area contributed by atoms with Gasteiger partial charge in [-0.15, -0.1) is 11.3 Å². The fourth-order valence-corrected chi connectivity index (χ4v) is 4.71. The number of thiazole rings is 1.